The fourth-order valence-electron chi connectivity index (χ4n) is 1.87. The van der Waals surface area contributed by atoms with Crippen molar-refractivity contribution in [3.63, 3.8) is 0 Å². The first-order valence-electron chi connectivity index (χ1n) is 7.00. The quantitative estimate of drug-likeness (QED) is 0.875. The number of aromatic nitrogens is 1. The van der Waals surface area contributed by atoms with Crippen LogP contribution >= 0.6 is 0 Å². The summed E-state index contributed by atoms with van der Waals surface area (Å²) in [5.74, 6) is 0.0303. The van der Waals surface area contributed by atoms with Gasteiger partial charge >= 0.3 is 5.97 Å². The molecular weight excluding hydrogens is 266 g/mol. The van der Waals surface area contributed by atoms with Gasteiger partial charge in [0.25, 0.3) is 0 Å². The van der Waals surface area contributed by atoms with Crippen LogP contribution in [0, 0.1) is 5.92 Å². The second-order valence-electron chi connectivity index (χ2n) is 5.28. The molecule has 0 amide bonds. The standard InChI is InChI=1S/C17H19NO3/c1-12(2)8-9-21-14-10-15(13-6-4-3-5-7-13)18-16(11-14)17(19)20/h3-7,10-12H,8-9H2,1-2H3,(H,19,20). The Hall–Kier alpha value is -2.36. The van der Waals surface area contributed by atoms with E-state index in [1.807, 2.05) is 30.3 Å². The lowest BCUT2D eigenvalue weighted by molar-refractivity contribution is 0.0690. The molecule has 1 heterocycles. The zero-order valence-corrected chi connectivity index (χ0v) is 12.2. The van der Waals surface area contributed by atoms with Crippen LogP contribution in [0.1, 0.15) is 30.8 Å². The number of aromatic carboxylic acids is 1. The summed E-state index contributed by atoms with van der Waals surface area (Å²) in [6, 6.07) is 12.7. The lowest BCUT2D eigenvalue weighted by Gasteiger charge is -2.10. The van der Waals surface area contributed by atoms with Crippen LogP contribution in [0.15, 0.2) is 42.5 Å². The first-order chi connectivity index (χ1) is 10.1. The van der Waals surface area contributed by atoms with Crippen molar-refractivity contribution < 1.29 is 14.6 Å². The van der Waals surface area contributed by atoms with Gasteiger partial charge in [-0.3, -0.25) is 0 Å². The van der Waals surface area contributed by atoms with Crippen LogP contribution in [0.2, 0.25) is 0 Å². The number of ether oxygens (including phenoxy) is 1. The van der Waals surface area contributed by atoms with Gasteiger partial charge in [0.05, 0.1) is 12.3 Å². The summed E-state index contributed by atoms with van der Waals surface area (Å²) in [7, 11) is 0. The van der Waals surface area contributed by atoms with Crippen LogP contribution in [0.3, 0.4) is 0 Å². The molecule has 0 saturated heterocycles. The van der Waals surface area contributed by atoms with Gasteiger partial charge in [0.1, 0.15) is 5.75 Å². The second kappa shape index (κ2) is 6.88. The van der Waals surface area contributed by atoms with Crippen molar-refractivity contribution in [3.8, 4) is 17.0 Å². The Labute approximate surface area is 124 Å². The Morgan fingerprint density at radius 2 is 1.95 bits per heavy atom. The van der Waals surface area contributed by atoms with Gasteiger partial charge in [0, 0.05) is 17.7 Å². The number of hydrogen-bond acceptors (Lipinski definition) is 3. The summed E-state index contributed by atoms with van der Waals surface area (Å²) < 4.78 is 5.67. The molecule has 110 valence electrons. The molecular formula is C17H19NO3. The van der Waals surface area contributed by atoms with Gasteiger partial charge in [0.15, 0.2) is 5.69 Å². The zero-order chi connectivity index (χ0) is 15.2. The van der Waals surface area contributed by atoms with E-state index >= 15 is 0 Å². The van der Waals surface area contributed by atoms with E-state index in [4.69, 9.17) is 4.74 Å². The fraction of sp³-hybridized carbons (Fsp3) is 0.294. The number of nitrogens with zero attached hydrogens (tertiary/aromatic N) is 1. The molecule has 0 atom stereocenters. The zero-order valence-electron chi connectivity index (χ0n) is 12.2. The highest BCUT2D eigenvalue weighted by Crippen LogP contribution is 2.23. The summed E-state index contributed by atoms with van der Waals surface area (Å²) in [6.07, 6.45) is 0.922. The van der Waals surface area contributed by atoms with Crippen LogP contribution in [-0.4, -0.2) is 22.7 Å². The summed E-state index contributed by atoms with van der Waals surface area (Å²) in [5, 5.41) is 9.18. The van der Waals surface area contributed by atoms with Gasteiger partial charge < -0.3 is 9.84 Å². The molecule has 0 saturated carbocycles. The monoisotopic (exact) mass is 285 g/mol. The molecule has 4 heteroatoms. The molecule has 0 aliphatic heterocycles. The van der Waals surface area contributed by atoms with Crippen LogP contribution in [0.5, 0.6) is 5.75 Å². The van der Waals surface area contributed by atoms with Crippen LogP contribution in [0.25, 0.3) is 11.3 Å². The lowest BCUT2D eigenvalue weighted by atomic mass is 10.1. The minimum Gasteiger partial charge on any atom is -0.493 e. The largest absolute Gasteiger partial charge is 0.493 e. The number of carboxylic acids is 1. The van der Waals surface area contributed by atoms with Crippen molar-refractivity contribution in [1.29, 1.82) is 0 Å². The van der Waals surface area contributed by atoms with Crippen molar-refractivity contribution in [2.45, 2.75) is 20.3 Å². The Bertz CT molecular complexity index is 609. The van der Waals surface area contributed by atoms with Crippen LogP contribution in [-0.2, 0) is 0 Å². The number of carboxylic acid groups (broad SMARTS) is 1. The van der Waals surface area contributed by atoms with E-state index in [1.165, 1.54) is 6.07 Å². The van der Waals surface area contributed by atoms with E-state index in [0.29, 0.717) is 24.0 Å². The number of pyridine rings is 1. The van der Waals surface area contributed by atoms with E-state index in [1.54, 1.807) is 6.07 Å². The topological polar surface area (TPSA) is 59.4 Å². The molecule has 2 aromatic rings. The maximum Gasteiger partial charge on any atom is 0.354 e. The highest BCUT2D eigenvalue weighted by Gasteiger charge is 2.11. The van der Waals surface area contributed by atoms with E-state index < -0.39 is 5.97 Å². The first-order valence-corrected chi connectivity index (χ1v) is 7.00. The van der Waals surface area contributed by atoms with Crippen molar-refractivity contribution in [3.05, 3.63) is 48.2 Å². The Morgan fingerprint density at radius 3 is 2.57 bits per heavy atom. The third-order valence-corrected chi connectivity index (χ3v) is 3.05. The average molecular weight is 285 g/mol. The SMILES string of the molecule is CC(C)CCOc1cc(C(=O)O)nc(-c2ccccc2)c1. The van der Waals surface area contributed by atoms with Crippen molar-refractivity contribution in [2.24, 2.45) is 5.92 Å². The molecule has 4 nitrogen and oxygen atoms in total. The lowest BCUT2D eigenvalue weighted by Crippen LogP contribution is -2.05. The second-order valence-corrected chi connectivity index (χ2v) is 5.28. The molecule has 1 N–H and O–H groups in total. The number of benzene rings is 1. The van der Waals surface area contributed by atoms with Crippen molar-refractivity contribution in [1.82, 2.24) is 4.98 Å². The van der Waals surface area contributed by atoms with Crippen LogP contribution in [0.4, 0.5) is 0 Å². The minimum atomic E-state index is -1.05. The van der Waals surface area contributed by atoms with Gasteiger partial charge in [-0.1, -0.05) is 44.2 Å². The Balaban J connectivity index is 2.28. The number of hydrogen-bond donors (Lipinski definition) is 1. The van der Waals surface area contributed by atoms with E-state index in [9.17, 15) is 9.90 Å². The normalized spacial score (nSPS) is 10.6. The summed E-state index contributed by atoms with van der Waals surface area (Å²) in [4.78, 5) is 15.4. The first kappa shape index (κ1) is 15.0. The third kappa shape index (κ3) is 4.31. The molecule has 0 bridgehead atoms. The number of carbonyl (C=O) groups is 1. The van der Waals surface area contributed by atoms with E-state index in [2.05, 4.69) is 18.8 Å². The predicted molar refractivity (Wildman–Crippen MR) is 81.6 cm³/mol. The summed E-state index contributed by atoms with van der Waals surface area (Å²) in [6.45, 7) is 4.80. The van der Waals surface area contributed by atoms with Crippen molar-refractivity contribution >= 4 is 5.97 Å². The molecule has 0 radical (unpaired) electrons. The third-order valence-electron chi connectivity index (χ3n) is 3.05. The van der Waals surface area contributed by atoms with Gasteiger partial charge in [-0.2, -0.15) is 0 Å². The number of rotatable bonds is 6. The summed E-state index contributed by atoms with van der Waals surface area (Å²) in [5.41, 5.74) is 1.47. The maximum absolute atomic E-state index is 11.2. The Kier molecular flexibility index (Phi) is 4.93. The highest BCUT2D eigenvalue weighted by molar-refractivity contribution is 5.86. The predicted octanol–water partition coefficient (Wildman–Crippen LogP) is 3.87. The molecule has 1 aromatic carbocycles. The molecule has 0 unspecified atom stereocenters. The Morgan fingerprint density at radius 1 is 1.24 bits per heavy atom. The van der Waals surface area contributed by atoms with E-state index in [-0.39, 0.29) is 5.69 Å². The molecule has 0 fully saturated rings. The van der Waals surface area contributed by atoms with Gasteiger partial charge in [-0.05, 0) is 12.3 Å². The van der Waals surface area contributed by atoms with Crippen LogP contribution < -0.4 is 4.74 Å². The smallest absolute Gasteiger partial charge is 0.354 e. The average Bonchev–Trinajstić information content (AvgIpc) is 2.47. The molecule has 0 aliphatic rings. The van der Waals surface area contributed by atoms with E-state index in [0.717, 1.165) is 12.0 Å². The fourth-order valence-corrected chi connectivity index (χ4v) is 1.87. The van der Waals surface area contributed by atoms with Crippen molar-refractivity contribution in [2.75, 3.05) is 6.61 Å². The molecule has 2 rings (SSSR count). The highest BCUT2D eigenvalue weighted by atomic mass is 16.5. The van der Waals surface area contributed by atoms with Gasteiger partial charge in [-0.15, -0.1) is 0 Å². The maximum atomic E-state index is 11.2. The molecule has 21 heavy (non-hydrogen) atoms. The van der Waals surface area contributed by atoms with Gasteiger partial charge in [0.2, 0.25) is 0 Å². The molecule has 0 spiro atoms. The minimum absolute atomic E-state index is 0.00380. The molecule has 1 aromatic heterocycles. The molecule has 0 aliphatic carbocycles. The summed E-state index contributed by atoms with van der Waals surface area (Å²) >= 11 is 0. The van der Waals surface area contributed by atoms with Gasteiger partial charge in [-0.25, -0.2) is 9.78 Å².